The zero-order valence-corrected chi connectivity index (χ0v) is 7.99. The van der Waals surface area contributed by atoms with Gasteiger partial charge in [0.15, 0.2) is 11.5 Å². The summed E-state index contributed by atoms with van der Waals surface area (Å²) < 4.78 is 10.5. The van der Waals surface area contributed by atoms with Crippen LogP contribution in [0.3, 0.4) is 0 Å². The number of nitrogens with two attached hydrogens (primary N) is 1. The lowest BCUT2D eigenvalue weighted by atomic mass is 9.99. The van der Waals surface area contributed by atoms with Crippen LogP contribution >= 0.6 is 0 Å². The first-order chi connectivity index (χ1) is 6.72. The Morgan fingerprint density at radius 3 is 3.00 bits per heavy atom. The molecule has 1 unspecified atom stereocenters. The number of benzene rings is 1. The first-order valence-electron chi connectivity index (χ1n) is 4.55. The normalized spacial score (nSPS) is 15.6. The SMILES string of the molecule is CC(CN)c1cc(O)cc2c1OCO2. The molecular formula is C10H13NO3. The van der Waals surface area contributed by atoms with Crippen LogP contribution in [0.2, 0.25) is 0 Å². The van der Waals surface area contributed by atoms with E-state index in [2.05, 4.69) is 0 Å². The quantitative estimate of drug-likeness (QED) is 0.743. The van der Waals surface area contributed by atoms with Crippen LogP contribution in [0.15, 0.2) is 12.1 Å². The van der Waals surface area contributed by atoms with Crippen molar-refractivity contribution in [3.63, 3.8) is 0 Å². The Balaban J connectivity index is 2.48. The van der Waals surface area contributed by atoms with E-state index in [1.165, 1.54) is 0 Å². The molecule has 0 fully saturated rings. The fourth-order valence-electron chi connectivity index (χ4n) is 1.52. The van der Waals surface area contributed by atoms with Crippen LogP contribution in [0.25, 0.3) is 0 Å². The fourth-order valence-corrected chi connectivity index (χ4v) is 1.52. The van der Waals surface area contributed by atoms with Gasteiger partial charge in [-0.3, -0.25) is 0 Å². The summed E-state index contributed by atoms with van der Waals surface area (Å²) in [4.78, 5) is 0. The minimum Gasteiger partial charge on any atom is -0.508 e. The van der Waals surface area contributed by atoms with E-state index in [9.17, 15) is 5.11 Å². The van der Waals surface area contributed by atoms with Crippen LogP contribution in [0, 0.1) is 0 Å². The minimum absolute atomic E-state index is 0.151. The third-order valence-electron chi connectivity index (χ3n) is 2.37. The highest BCUT2D eigenvalue weighted by atomic mass is 16.7. The highest BCUT2D eigenvalue weighted by Crippen LogP contribution is 2.41. The van der Waals surface area contributed by atoms with E-state index in [0.29, 0.717) is 18.0 Å². The van der Waals surface area contributed by atoms with Crippen LogP contribution < -0.4 is 15.2 Å². The third-order valence-corrected chi connectivity index (χ3v) is 2.37. The van der Waals surface area contributed by atoms with E-state index in [1.807, 2.05) is 6.92 Å². The van der Waals surface area contributed by atoms with Gasteiger partial charge in [0.2, 0.25) is 6.79 Å². The van der Waals surface area contributed by atoms with Crippen molar-refractivity contribution in [2.75, 3.05) is 13.3 Å². The van der Waals surface area contributed by atoms with Gasteiger partial charge in [0.1, 0.15) is 5.75 Å². The highest BCUT2D eigenvalue weighted by molar-refractivity contribution is 5.53. The van der Waals surface area contributed by atoms with Gasteiger partial charge in [-0.15, -0.1) is 0 Å². The van der Waals surface area contributed by atoms with Gasteiger partial charge in [-0.25, -0.2) is 0 Å². The lowest BCUT2D eigenvalue weighted by Crippen LogP contribution is -2.09. The van der Waals surface area contributed by atoms with Gasteiger partial charge in [0.25, 0.3) is 0 Å². The van der Waals surface area contributed by atoms with E-state index < -0.39 is 0 Å². The van der Waals surface area contributed by atoms with Gasteiger partial charge in [0, 0.05) is 11.6 Å². The van der Waals surface area contributed by atoms with Crippen LogP contribution in [0.4, 0.5) is 0 Å². The molecule has 0 amide bonds. The number of ether oxygens (including phenoxy) is 2. The van der Waals surface area contributed by atoms with Gasteiger partial charge in [0.05, 0.1) is 0 Å². The second kappa shape index (κ2) is 3.38. The van der Waals surface area contributed by atoms with Crippen LogP contribution in [0.5, 0.6) is 17.2 Å². The molecule has 0 saturated heterocycles. The van der Waals surface area contributed by atoms with Crippen LogP contribution in [-0.2, 0) is 0 Å². The predicted molar refractivity (Wildman–Crippen MR) is 51.7 cm³/mol. The van der Waals surface area contributed by atoms with E-state index in [0.717, 1.165) is 5.56 Å². The Bertz CT molecular complexity index is 351. The van der Waals surface area contributed by atoms with Crippen molar-refractivity contribution in [1.29, 1.82) is 0 Å². The number of fused-ring (bicyclic) bond motifs is 1. The minimum atomic E-state index is 0.151. The number of phenolic OH excluding ortho intramolecular Hbond substituents is 1. The van der Waals surface area contributed by atoms with Gasteiger partial charge in [-0.1, -0.05) is 6.92 Å². The molecule has 1 aliphatic heterocycles. The third kappa shape index (κ3) is 1.37. The Labute approximate surface area is 82.2 Å². The van der Waals surface area contributed by atoms with E-state index >= 15 is 0 Å². The fraction of sp³-hybridized carbons (Fsp3) is 0.400. The molecule has 4 heteroatoms. The molecule has 3 N–H and O–H groups in total. The molecule has 2 rings (SSSR count). The Morgan fingerprint density at radius 2 is 2.29 bits per heavy atom. The summed E-state index contributed by atoms with van der Waals surface area (Å²) in [6.07, 6.45) is 0. The molecule has 1 heterocycles. The molecule has 1 aromatic carbocycles. The average molecular weight is 195 g/mol. The summed E-state index contributed by atoms with van der Waals surface area (Å²) in [6, 6.07) is 3.22. The monoisotopic (exact) mass is 195 g/mol. The van der Waals surface area contributed by atoms with Gasteiger partial charge in [-0.2, -0.15) is 0 Å². The van der Waals surface area contributed by atoms with E-state index in [-0.39, 0.29) is 18.5 Å². The highest BCUT2D eigenvalue weighted by Gasteiger charge is 2.21. The maximum atomic E-state index is 9.45. The lowest BCUT2D eigenvalue weighted by Gasteiger charge is -2.12. The van der Waals surface area contributed by atoms with Crippen molar-refractivity contribution in [1.82, 2.24) is 0 Å². The first kappa shape index (κ1) is 9.15. The topological polar surface area (TPSA) is 64.7 Å². The molecule has 0 radical (unpaired) electrons. The number of rotatable bonds is 2. The van der Waals surface area contributed by atoms with Crippen molar-refractivity contribution >= 4 is 0 Å². The predicted octanol–water partition coefficient (Wildman–Crippen LogP) is 1.18. The van der Waals surface area contributed by atoms with E-state index in [1.54, 1.807) is 12.1 Å². The molecule has 76 valence electrons. The molecule has 0 saturated carbocycles. The van der Waals surface area contributed by atoms with Crippen molar-refractivity contribution < 1.29 is 14.6 Å². The summed E-state index contributed by atoms with van der Waals surface area (Å²) in [7, 11) is 0. The summed E-state index contributed by atoms with van der Waals surface area (Å²) in [6.45, 7) is 2.71. The standard InChI is InChI=1S/C10H13NO3/c1-6(4-11)8-2-7(12)3-9-10(8)14-5-13-9/h2-3,6,12H,4-5,11H2,1H3. The second-order valence-corrected chi connectivity index (χ2v) is 3.41. The molecule has 0 aromatic heterocycles. The molecule has 1 aromatic rings. The molecule has 1 aliphatic rings. The number of hydrogen-bond donors (Lipinski definition) is 2. The molecule has 0 aliphatic carbocycles. The van der Waals surface area contributed by atoms with Gasteiger partial charge >= 0.3 is 0 Å². The number of hydrogen-bond acceptors (Lipinski definition) is 4. The van der Waals surface area contributed by atoms with Crippen LogP contribution in [-0.4, -0.2) is 18.4 Å². The molecule has 0 spiro atoms. The summed E-state index contributed by atoms with van der Waals surface area (Å²) in [5.41, 5.74) is 6.47. The number of phenols is 1. The molecule has 0 bridgehead atoms. The molecule has 1 atom stereocenters. The Hall–Kier alpha value is -1.42. The molecule has 14 heavy (non-hydrogen) atoms. The van der Waals surface area contributed by atoms with Crippen molar-refractivity contribution in [3.05, 3.63) is 17.7 Å². The van der Waals surface area contributed by atoms with E-state index in [4.69, 9.17) is 15.2 Å². The average Bonchev–Trinajstić information content (AvgIpc) is 2.62. The molecular weight excluding hydrogens is 182 g/mol. The van der Waals surface area contributed by atoms with Gasteiger partial charge in [-0.05, 0) is 18.5 Å². The zero-order valence-electron chi connectivity index (χ0n) is 7.99. The summed E-state index contributed by atoms with van der Waals surface area (Å²) in [5.74, 6) is 1.64. The van der Waals surface area contributed by atoms with Crippen molar-refractivity contribution in [3.8, 4) is 17.2 Å². The van der Waals surface area contributed by atoms with Crippen molar-refractivity contribution in [2.45, 2.75) is 12.8 Å². The van der Waals surface area contributed by atoms with Crippen molar-refractivity contribution in [2.24, 2.45) is 5.73 Å². The largest absolute Gasteiger partial charge is 0.508 e. The number of aromatic hydroxyl groups is 1. The smallest absolute Gasteiger partial charge is 0.231 e. The maximum Gasteiger partial charge on any atom is 0.231 e. The zero-order chi connectivity index (χ0) is 10.1. The summed E-state index contributed by atoms with van der Waals surface area (Å²) >= 11 is 0. The first-order valence-corrected chi connectivity index (χ1v) is 4.55. The van der Waals surface area contributed by atoms with Gasteiger partial charge < -0.3 is 20.3 Å². The Kier molecular flexibility index (Phi) is 2.21. The Morgan fingerprint density at radius 1 is 1.50 bits per heavy atom. The van der Waals surface area contributed by atoms with Crippen LogP contribution in [0.1, 0.15) is 18.4 Å². The lowest BCUT2D eigenvalue weighted by molar-refractivity contribution is 0.173. The summed E-state index contributed by atoms with van der Waals surface area (Å²) in [5, 5.41) is 9.45. The maximum absolute atomic E-state index is 9.45. The second-order valence-electron chi connectivity index (χ2n) is 3.41. The molecule has 4 nitrogen and oxygen atoms in total.